The van der Waals surface area contributed by atoms with Gasteiger partial charge < -0.3 is 14.5 Å². The van der Waals surface area contributed by atoms with Crippen LogP contribution in [0.4, 0.5) is 15.9 Å². The largest absolute Gasteiger partial charge is 0.381 e. The maximum atomic E-state index is 13.8. The lowest BCUT2D eigenvalue weighted by Gasteiger charge is -2.41. The summed E-state index contributed by atoms with van der Waals surface area (Å²) in [5.74, 6) is 1.67. The van der Waals surface area contributed by atoms with Crippen LogP contribution >= 0.6 is 0 Å². The summed E-state index contributed by atoms with van der Waals surface area (Å²) >= 11 is 0. The topological polar surface area (TPSA) is 41.5 Å². The van der Waals surface area contributed by atoms with E-state index >= 15 is 0 Å². The third-order valence-corrected chi connectivity index (χ3v) is 7.68. The van der Waals surface area contributed by atoms with Crippen LogP contribution in [0.15, 0.2) is 36.4 Å². The number of benzene rings is 2. The summed E-state index contributed by atoms with van der Waals surface area (Å²) in [4.78, 5) is 15.2. The minimum Gasteiger partial charge on any atom is -0.381 e. The standard InChI is InChI=1S/C29H35FN4O/c1-18-7-6-8-19(2)27(18)28-31-25-12-13-33(26-10-9-22(30)15-20(26)3)17-24(25)29(32-28)34-14-11-23(35-5)16-21(34)4/h6-10,15,21,23H,11-14,16-17H2,1-5H3/t21-,23-/m1/s1. The molecule has 2 aromatic carbocycles. The van der Waals surface area contributed by atoms with Gasteiger partial charge in [-0.2, -0.15) is 0 Å². The van der Waals surface area contributed by atoms with Crippen molar-refractivity contribution in [2.75, 3.05) is 30.0 Å². The molecule has 2 aliphatic rings. The van der Waals surface area contributed by atoms with Crippen LogP contribution in [0.1, 0.15) is 47.7 Å². The zero-order valence-corrected chi connectivity index (χ0v) is 21.4. The van der Waals surface area contributed by atoms with Crippen molar-refractivity contribution in [3.63, 3.8) is 0 Å². The smallest absolute Gasteiger partial charge is 0.162 e. The summed E-state index contributed by atoms with van der Waals surface area (Å²) in [5, 5.41) is 0. The van der Waals surface area contributed by atoms with Crippen molar-refractivity contribution in [2.45, 2.75) is 65.6 Å². The van der Waals surface area contributed by atoms with E-state index in [4.69, 9.17) is 14.7 Å². The van der Waals surface area contributed by atoms with Gasteiger partial charge in [0.2, 0.25) is 0 Å². The number of aromatic nitrogens is 2. The Morgan fingerprint density at radius 1 is 1.00 bits per heavy atom. The van der Waals surface area contributed by atoms with Gasteiger partial charge in [-0.15, -0.1) is 0 Å². The molecule has 1 aromatic heterocycles. The van der Waals surface area contributed by atoms with E-state index in [0.717, 1.165) is 73.0 Å². The fourth-order valence-electron chi connectivity index (χ4n) is 5.75. The Balaban J connectivity index is 1.60. The first-order valence-electron chi connectivity index (χ1n) is 12.6. The van der Waals surface area contributed by atoms with Crippen molar-refractivity contribution in [2.24, 2.45) is 0 Å². The number of fused-ring (bicyclic) bond motifs is 1. The zero-order valence-electron chi connectivity index (χ0n) is 21.4. The second-order valence-electron chi connectivity index (χ2n) is 10.1. The lowest BCUT2D eigenvalue weighted by Crippen LogP contribution is -2.45. The normalized spacial score (nSPS) is 20.2. The summed E-state index contributed by atoms with van der Waals surface area (Å²) in [7, 11) is 1.81. The van der Waals surface area contributed by atoms with Gasteiger partial charge in [-0.25, -0.2) is 14.4 Å². The van der Waals surface area contributed by atoms with Crippen LogP contribution in [0.2, 0.25) is 0 Å². The molecule has 0 amide bonds. The van der Waals surface area contributed by atoms with Crippen LogP contribution in [-0.2, 0) is 17.7 Å². The molecule has 0 saturated carbocycles. The first kappa shape index (κ1) is 23.7. The highest BCUT2D eigenvalue weighted by molar-refractivity contribution is 5.68. The Bertz CT molecular complexity index is 1220. The van der Waals surface area contributed by atoms with Gasteiger partial charge in [0.25, 0.3) is 0 Å². The number of methoxy groups -OCH3 is 1. The van der Waals surface area contributed by atoms with Crippen molar-refractivity contribution >= 4 is 11.5 Å². The lowest BCUT2D eigenvalue weighted by atomic mass is 9.97. The maximum absolute atomic E-state index is 13.8. The number of hydrogen-bond acceptors (Lipinski definition) is 5. The third kappa shape index (κ3) is 4.52. The number of nitrogens with zero attached hydrogens (tertiary/aromatic N) is 4. The number of rotatable bonds is 4. The minimum absolute atomic E-state index is 0.194. The Morgan fingerprint density at radius 3 is 2.46 bits per heavy atom. The highest BCUT2D eigenvalue weighted by Crippen LogP contribution is 2.36. The molecule has 0 aliphatic carbocycles. The quantitative estimate of drug-likeness (QED) is 0.480. The number of anilines is 2. The molecule has 3 aromatic rings. The summed E-state index contributed by atoms with van der Waals surface area (Å²) < 4.78 is 19.5. The SMILES string of the molecule is CO[C@@H]1CCN(c2nc(-c3c(C)cccc3C)nc3c2CN(c2ccc(F)cc2C)CC3)[C@H](C)C1. The second kappa shape index (κ2) is 9.57. The van der Waals surface area contributed by atoms with E-state index in [1.54, 1.807) is 12.1 Å². The summed E-state index contributed by atoms with van der Waals surface area (Å²) in [6.07, 6.45) is 3.09. The average molecular weight is 475 g/mol. The second-order valence-corrected chi connectivity index (χ2v) is 10.1. The molecule has 2 atom stereocenters. The number of aryl methyl sites for hydroxylation is 3. The number of halogens is 1. The van der Waals surface area contributed by atoms with Gasteiger partial charge >= 0.3 is 0 Å². The van der Waals surface area contributed by atoms with E-state index in [1.165, 1.54) is 16.7 Å². The van der Waals surface area contributed by atoms with Crippen molar-refractivity contribution < 1.29 is 9.13 Å². The fourth-order valence-corrected chi connectivity index (χ4v) is 5.75. The molecule has 3 heterocycles. The van der Waals surface area contributed by atoms with Gasteiger partial charge in [-0.05, 0) is 75.4 Å². The Kier molecular flexibility index (Phi) is 6.49. The van der Waals surface area contributed by atoms with E-state index in [0.29, 0.717) is 6.04 Å². The van der Waals surface area contributed by atoms with Crippen molar-refractivity contribution in [1.82, 2.24) is 9.97 Å². The van der Waals surface area contributed by atoms with Crippen molar-refractivity contribution in [3.8, 4) is 11.4 Å². The number of piperidine rings is 1. The maximum Gasteiger partial charge on any atom is 0.162 e. The molecule has 6 heteroatoms. The van der Waals surface area contributed by atoms with Crippen LogP contribution in [-0.4, -0.2) is 42.3 Å². The van der Waals surface area contributed by atoms with Crippen molar-refractivity contribution in [1.29, 1.82) is 0 Å². The molecular weight excluding hydrogens is 439 g/mol. The van der Waals surface area contributed by atoms with Crippen LogP contribution < -0.4 is 9.80 Å². The van der Waals surface area contributed by atoms with E-state index in [2.05, 4.69) is 48.8 Å². The Labute approximate surface area is 208 Å². The molecule has 5 nitrogen and oxygen atoms in total. The van der Waals surface area contributed by atoms with Crippen molar-refractivity contribution in [3.05, 3.63) is 70.2 Å². The van der Waals surface area contributed by atoms with Gasteiger partial charge in [-0.3, -0.25) is 0 Å². The highest BCUT2D eigenvalue weighted by atomic mass is 19.1. The van der Waals surface area contributed by atoms with E-state index in [9.17, 15) is 4.39 Å². The molecule has 0 unspecified atom stereocenters. The molecular formula is C29H35FN4O. The molecule has 0 radical (unpaired) electrons. The molecule has 1 fully saturated rings. The van der Waals surface area contributed by atoms with Gasteiger partial charge in [-0.1, -0.05) is 18.2 Å². The molecule has 2 aliphatic heterocycles. The summed E-state index contributed by atoms with van der Waals surface area (Å²) in [6, 6.07) is 11.7. The third-order valence-electron chi connectivity index (χ3n) is 7.68. The molecule has 184 valence electrons. The van der Waals surface area contributed by atoms with Gasteiger partial charge in [0.15, 0.2) is 5.82 Å². The first-order valence-corrected chi connectivity index (χ1v) is 12.6. The molecule has 0 bridgehead atoms. The predicted molar refractivity (Wildman–Crippen MR) is 140 cm³/mol. The minimum atomic E-state index is -0.194. The average Bonchev–Trinajstić information content (AvgIpc) is 2.83. The number of ether oxygens (including phenoxy) is 1. The summed E-state index contributed by atoms with van der Waals surface area (Å²) in [6.45, 7) is 11.0. The summed E-state index contributed by atoms with van der Waals surface area (Å²) in [5.41, 5.74) is 7.88. The fraction of sp³-hybridized carbons (Fsp3) is 0.448. The van der Waals surface area contributed by atoms with E-state index < -0.39 is 0 Å². The van der Waals surface area contributed by atoms with Gasteiger partial charge in [0, 0.05) is 56.0 Å². The molecule has 1 saturated heterocycles. The van der Waals surface area contributed by atoms with Gasteiger partial charge in [0.05, 0.1) is 11.8 Å². The Morgan fingerprint density at radius 2 is 1.77 bits per heavy atom. The van der Waals surface area contributed by atoms with Gasteiger partial charge in [0.1, 0.15) is 11.6 Å². The molecule has 5 rings (SSSR count). The van der Waals surface area contributed by atoms with Crippen LogP contribution in [0.3, 0.4) is 0 Å². The van der Waals surface area contributed by atoms with Crippen LogP contribution in [0.5, 0.6) is 0 Å². The van der Waals surface area contributed by atoms with Crippen LogP contribution in [0.25, 0.3) is 11.4 Å². The number of hydrogen-bond donors (Lipinski definition) is 0. The Hall–Kier alpha value is -2.99. The van der Waals surface area contributed by atoms with E-state index in [-0.39, 0.29) is 11.9 Å². The first-order chi connectivity index (χ1) is 16.9. The molecule has 35 heavy (non-hydrogen) atoms. The molecule has 0 spiro atoms. The highest BCUT2D eigenvalue weighted by Gasteiger charge is 2.32. The van der Waals surface area contributed by atoms with Crippen LogP contribution in [0, 0.1) is 26.6 Å². The lowest BCUT2D eigenvalue weighted by molar-refractivity contribution is 0.0719. The van der Waals surface area contributed by atoms with E-state index in [1.807, 2.05) is 20.1 Å². The zero-order chi connectivity index (χ0) is 24.7. The molecule has 0 N–H and O–H groups in total. The monoisotopic (exact) mass is 474 g/mol. The predicted octanol–water partition coefficient (Wildman–Crippen LogP) is 5.77.